The molecule has 2 aromatic rings. The number of aromatic nitrogens is 2. The van der Waals surface area contributed by atoms with E-state index in [0.29, 0.717) is 35.9 Å². The lowest BCUT2D eigenvalue weighted by molar-refractivity contribution is 0.0919. The van der Waals surface area contributed by atoms with E-state index in [1.165, 1.54) is 10.5 Å². The van der Waals surface area contributed by atoms with Gasteiger partial charge in [-0.15, -0.1) is 11.8 Å². The van der Waals surface area contributed by atoms with Gasteiger partial charge in [0.25, 0.3) is 0 Å². The maximum atomic E-state index is 13.6. The fraction of sp³-hybridized carbons (Fsp3) is 0.516. The summed E-state index contributed by atoms with van der Waals surface area (Å²) in [5.74, 6) is 2.85. The first-order valence-corrected chi connectivity index (χ1v) is 14.2. The second kappa shape index (κ2) is 11.0. The zero-order valence-electron chi connectivity index (χ0n) is 22.5. The first-order chi connectivity index (χ1) is 17.1. The average molecular weight is 505 g/mol. The molecule has 0 amide bonds. The maximum Gasteiger partial charge on any atom is 0.163 e. The molecule has 1 fully saturated rings. The molecule has 4 nitrogen and oxygen atoms in total. The van der Waals surface area contributed by atoms with Gasteiger partial charge in [0.15, 0.2) is 11.6 Å². The third kappa shape index (κ3) is 5.68. The molecule has 1 saturated carbocycles. The van der Waals surface area contributed by atoms with Crippen LogP contribution in [0.2, 0.25) is 0 Å². The van der Waals surface area contributed by atoms with Crippen LogP contribution < -0.4 is 0 Å². The molecule has 1 aliphatic heterocycles. The molecule has 2 aliphatic rings. The number of allylic oxidation sites excluding steroid dienone is 2. The summed E-state index contributed by atoms with van der Waals surface area (Å²) >= 11 is 1.82. The standard InChI is InChI=1S/C31H40N2O2S/c1-19-12-13-23(29-22(4)21(3)27(18-36-29)31(5,6)35)16-20(2)26(19)17-28(34)24-10-7-8-11-25(24)30-32-14-9-15-33-30/h7-11,14-15,18-21,23,26,35H,12-13,16-17H2,1-6H3. The fourth-order valence-electron chi connectivity index (χ4n) is 6.17. The normalized spacial score (nSPS) is 27.4. The number of thioether (sulfide) groups is 1. The van der Waals surface area contributed by atoms with Gasteiger partial charge in [-0.2, -0.15) is 0 Å². The molecule has 0 saturated heterocycles. The Kier molecular flexibility index (Phi) is 8.21. The first kappa shape index (κ1) is 26.8. The Bertz CT molecular complexity index is 1150. The molecule has 5 unspecified atom stereocenters. The minimum absolute atomic E-state index is 0.189. The zero-order chi connectivity index (χ0) is 26.0. The summed E-state index contributed by atoms with van der Waals surface area (Å²) in [5.41, 5.74) is 3.25. The molecule has 2 heterocycles. The minimum atomic E-state index is -0.795. The monoisotopic (exact) mass is 504 g/mol. The molecular formula is C31H40N2O2S. The van der Waals surface area contributed by atoms with Gasteiger partial charge < -0.3 is 5.11 Å². The topological polar surface area (TPSA) is 63.1 Å². The number of rotatable bonds is 6. The van der Waals surface area contributed by atoms with Crippen molar-refractivity contribution in [2.24, 2.45) is 29.6 Å². The molecular weight excluding hydrogens is 464 g/mol. The van der Waals surface area contributed by atoms with Crippen molar-refractivity contribution in [3.05, 3.63) is 69.7 Å². The summed E-state index contributed by atoms with van der Waals surface area (Å²) < 4.78 is 0. The summed E-state index contributed by atoms with van der Waals surface area (Å²) in [4.78, 5) is 23.9. The van der Waals surface area contributed by atoms with Crippen LogP contribution in [0, 0.1) is 29.6 Å². The number of benzene rings is 1. The molecule has 1 aliphatic carbocycles. The van der Waals surface area contributed by atoms with E-state index in [4.69, 9.17) is 0 Å². The second-order valence-corrected chi connectivity index (χ2v) is 12.3. The predicted molar refractivity (Wildman–Crippen MR) is 149 cm³/mol. The molecule has 1 aromatic heterocycles. The van der Waals surface area contributed by atoms with E-state index in [1.807, 2.05) is 49.9 Å². The van der Waals surface area contributed by atoms with E-state index >= 15 is 0 Å². The molecule has 5 heteroatoms. The van der Waals surface area contributed by atoms with Crippen LogP contribution in [0.5, 0.6) is 0 Å². The molecule has 5 atom stereocenters. The lowest BCUT2D eigenvalue weighted by atomic mass is 9.77. The second-order valence-electron chi connectivity index (χ2n) is 11.4. The van der Waals surface area contributed by atoms with Crippen LogP contribution >= 0.6 is 11.8 Å². The Morgan fingerprint density at radius 3 is 2.44 bits per heavy atom. The van der Waals surface area contributed by atoms with Crippen LogP contribution in [0.3, 0.4) is 0 Å². The summed E-state index contributed by atoms with van der Waals surface area (Å²) in [6, 6.07) is 9.54. The van der Waals surface area contributed by atoms with Gasteiger partial charge in [0, 0.05) is 35.9 Å². The molecule has 1 aromatic carbocycles. The van der Waals surface area contributed by atoms with Crippen LogP contribution in [0.25, 0.3) is 11.4 Å². The van der Waals surface area contributed by atoms with Gasteiger partial charge in [0.2, 0.25) is 0 Å². The average Bonchev–Trinajstić information content (AvgIpc) is 2.99. The number of hydrogen-bond acceptors (Lipinski definition) is 5. The number of hydrogen-bond donors (Lipinski definition) is 1. The number of Topliss-reactive ketones (excluding diaryl/α,β-unsaturated/α-hetero) is 1. The summed E-state index contributed by atoms with van der Waals surface area (Å²) in [7, 11) is 0. The highest BCUT2D eigenvalue weighted by atomic mass is 32.2. The molecule has 36 heavy (non-hydrogen) atoms. The van der Waals surface area contributed by atoms with Gasteiger partial charge in [0.05, 0.1) is 5.60 Å². The SMILES string of the molecule is CC1=C(C2CCC(C)C(CC(=O)c3ccccc3-c3ncccn3)C(C)C2)SC=C(C(C)(C)O)C1C. The van der Waals surface area contributed by atoms with E-state index in [2.05, 4.69) is 43.1 Å². The van der Waals surface area contributed by atoms with Crippen molar-refractivity contribution in [3.8, 4) is 11.4 Å². The highest BCUT2D eigenvalue weighted by Crippen LogP contribution is 2.49. The summed E-state index contributed by atoms with van der Waals surface area (Å²) in [5, 5.41) is 12.8. The molecule has 0 radical (unpaired) electrons. The number of carbonyl (C=O) groups is 1. The van der Waals surface area contributed by atoms with Crippen LogP contribution in [0.15, 0.2) is 64.2 Å². The van der Waals surface area contributed by atoms with Gasteiger partial charge in [-0.05, 0) is 85.7 Å². The van der Waals surface area contributed by atoms with Crippen molar-refractivity contribution in [3.63, 3.8) is 0 Å². The van der Waals surface area contributed by atoms with Gasteiger partial charge in [-0.1, -0.05) is 50.6 Å². The first-order valence-electron chi connectivity index (χ1n) is 13.3. The quantitative estimate of drug-likeness (QED) is 0.322. The highest BCUT2D eigenvalue weighted by molar-refractivity contribution is 8.05. The molecule has 1 N–H and O–H groups in total. The van der Waals surface area contributed by atoms with Crippen molar-refractivity contribution in [2.45, 2.75) is 72.8 Å². The number of carbonyl (C=O) groups excluding carboxylic acids is 1. The number of aliphatic hydroxyl groups is 1. The van der Waals surface area contributed by atoms with Crippen molar-refractivity contribution in [1.82, 2.24) is 9.97 Å². The van der Waals surface area contributed by atoms with Gasteiger partial charge in [0.1, 0.15) is 0 Å². The Labute approximate surface area is 220 Å². The lowest BCUT2D eigenvalue weighted by Gasteiger charge is -2.34. The van der Waals surface area contributed by atoms with E-state index in [9.17, 15) is 9.90 Å². The van der Waals surface area contributed by atoms with Crippen LogP contribution in [-0.4, -0.2) is 26.5 Å². The van der Waals surface area contributed by atoms with Crippen molar-refractivity contribution < 1.29 is 9.90 Å². The van der Waals surface area contributed by atoms with E-state index in [-0.39, 0.29) is 11.7 Å². The zero-order valence-corrected chi connectivity index (χ0v) is 23.3. The largest absolute Gasteiger partial charge is 0.386 e. The van der Waals surface area contributed by atoms with Gasteiger partial charge >= 0.3 is 0 Å². The minimum Gasteiger partial charge on any atom is -0.386 e. The van der Waals surface area contributed by atoms with Crippen molar-refractivity contribution in [2.75, 3.05) is 0 Å². The maximum absolute atomic E-state index is 13.6. The van der Waals surface area contributed by atoms with Crippen molar-refractivity contribution in [1.29, 1.82) is 0 Å². The van der Waals surface area contributed by atoms with E-state index < -0.39 is 5.60 Å². The van der Waals surface area contributed by atoms with E-state index in [0.717, 1.165) is 36.0 Å². The van der Waals surface area contributed by atoms with Crippen LogP contribution in [0.1, 0.15) is 77.6 Å². The van der Waals surface area contributed by atoms with Gasteiger partial charge in [-0.3, -0.25) is 4.79 Å². The van der Waals surface area contributed by atoms with Gasteiger partial charge in [-0.25, -0.2) is 9.97 Å². The number of ketones is 1. The molecule has 192 valence electrons. The Hall–Kier alpha value is -2.24. The predicted octanol–water partition coefficient (Wildman–Crippen LogP) is 7.72. The Morgan fingerprint density at radius 2 is 1.75 bits per heavy atom. The summed E-state index contributed by atoms with van der Waals surface area (Å²) in [6.45, 7) is 12.9. The number of nitrogens with zero attached hydrogens (tertiary/aromatic N) is 2. The smallest absolute Gasteiger partial charge is 0.163 e. The lowest BCUT2D eigenvalue weighted by Crippen LogP contribution is -2.28. The molecule has 0 bridgehead atoms. The van der Waals surface area contributed by atoms with E-state index in [1.54, 1.807) is 18.5 Å². The van der Waals surface area contributed by atoms with Crippen molar-refractivity contribution >= 4 is 17.5 Å². The molecule has 4 rings (SSSR count). The Morgan fingerprint density at radius 1 is 1.06 bits per heavy atom. The highest BCUT2D eigenvalue weighted by Gasteiger charge is 2.36. The Balaban J connectivity index is 1.51. The third-order valence-electron chi connectivity index (χ3n) is 8.44. The van der Waals surface area contributed by atoms with Crippen LogP contribution in [0.4, 0.5) is 0 Å². The third-order valence-corrected chi connectivity index (χ3v) is 9.72. The summed E-state index contributed by atoms with van der Waals surface area (Å²) in [6.07, 6.45) is 7.39. The molecule has 0 spiro atoms. The van der Waals surface area contributed by atoms with Crippen LogP contribution in [-0.2, 0) is 0 Å². The fourth-order valence-corrected chi connectivity index (χ4v) is 7.68.